The highest BCUT2D eigenvalue weighted by molar-refractivity contribution is 7.99. The van der Waals surface area contributed by atoms with Crippen LogP contribution < -0.4 is 5.32 Å². The predicted molar refractivity (Wildman–Crippen MR) is 54.2 cm³/mol. The minimum Gasteiger partial charge on any atom is -0.468 e. The number of thioether (sulfide) groups is 1. The normalized spacial score (nSPS) is 35.0. The Bertz CT molecular complexity index is 246. The lowest BCUT2D eigenvalue weighted by Crippen LogP contribution is -2.70. The molecule has 2 saturated heterocycles. The zero-order chi connectivity index (χ0) is 10.2. The number of ether oxygens (including phenoxy) is 1. The van der Waals surface area contributed by atoms with E-state index in [9.17, 15) is 9.90 Å². The first-order valence-electron chi connectivity index (χ1n) is 4.74. The molecule has 1 unspecified atom stereocenters. The van der Waals surface area contributed by atoms with E-state index in [0.717, 1.165) is 5.75 Å². The Morgan fingerprint density at radius 1 is 1.57 bits per heavy atom. The molecular weight excluding hydrogens is 202 g/mol. The number of nitrogens with one attached hydrogen (secondary N) is 1. The van der Waals surface area contributed by atoms with E-state index in [0.29, 0.717) is 25.3 Å². The van der Waals surface area contributed by atoms with Gasteiger partial charge in [-0.15, -0.1) is 0 Å². The molecule has 0 saturated carbocycles. The van der Waals surface area contributed by atoms with Gasteiger partial charge in [0.15, 0.2) is 0 Å². The second kappa shape index (κ2) is 3.40. The number of rotatable bonds is 2. The van der Waals surface area contributed by atoms with Gasteiger partial charge in [0.25, 0.3) is 0 Å². The quantitative estimate of drug-likeness (QED) is 0.617. The first kappa shape index (κ1) is 10.3. The van der Waals surface area contributed by atoms with E-state index in [4.69, 9.17) is 4.74 Å². The molecule has 0 aromatic heterocycles. The Labute approximate surface area is 87.4 Å². The van der Waals surface area contributed by atoms with Crippen LogP contribution in [0.25, 0.3) is 0 Å². The van der Waals surface area contributed by atoms with Crippen LogP contribution in [0.3, 0.4) is 0 Å². The fraction of sp³-hybridized carbons (Fsp3) is 0.889. The number of hydrogen-bond donors (Lipinski definition) is 2. The molecule has 2 fully saturated rings. The molecule has 2 rings (SSSR count). The van der Waals surface area contributed by atoms with Crippen molar-refractivity contribution in [2.24, 2.45) is 5.41 Å². The third kappa shape index (κ3) is 1.19. The van der Waals surface area contributed by atoms with Crippen LogP contribution in [0.1, 0.15) is 6.42 Å². The van der Waals surface area contributed by atoms with Crippen molar-refractivity contribution in [3.05, 3.63) is 0 Å². The SMILES string of the molecule is COC(=O)C1(C2(O)CCSC2)CNC1. The monoisotopic (exact) mass is 217 g/mol. The molecule has 2 N–H and O–H groups in total. The molecule has 14 heavy (non-hydrogen) atoms. The van der Waals surface area contributed by atoms with Gasteiger partial charge < -0.3 is 15.2 Å². The Kier molecular flexibility index (Phi) is 2.49. The molecule has 0 aromatic rings. The zero-order valence-corrected chi connectivity index (χ0v) is 9.02. The largest absolute Gasteiger partial charge is 0.468 e. The van der Waals surface area contributed by atoms with Crippen molar-refractivity contribution in [2.75, 3.05) is 31.7 Å². The van der Waals surface area contributed by atoms with Crippen molar-refractivity contribution in [3.63, 3.8) is 0 Å². The molecule has 2 aliphatic rings. The fourth-order valence-electron chi connectivity index (χ4n) is 2.17. The number of esters is 1. The lowest BCUT2D eigenvalue weighted by Gasteiger charge is -2.49. The third-order valence-electron chi connectivity index (χ3n) is 3.32. The van der Waals surface area contributed by atoms with Gasteiger partial charge >= 0.3 is 5.97 Å². The predicted octanol–water partition coefficient (Wildman–Crippen LogP) is -0.383. The van der Waals surface area contributed by atoms with Crippen LogP contribution in [-0.4, -0.2) is 48.4 Å². The van der Waals surface area contributed by atoms with Crippen molar-refractivity contribution in [2.45, 2.75) is 12.0 Å². The Balaban J connectivity index is 2.23. The van der Waals surface area contributed by atoms with Crippen molar-refractivity contribution < 1.29 is 14.6 Å². The van der Waals surface area contributed by atoms with Crippen LogP contribution in [0, 0.1) is 5.41 Å². The summed E-state index contributed by atoms with van der Waals surface area (Å²) in [5, 5.41) is 13.5. The standard InChI is InChI=1S/C9H15NO3S/c1-13-7(11)8(4-10-5-8)9(12)2-3-14-6-9/h10,12H,2-6H2,1H3. The maximum Gasteiger partial charge on any atom is 0.317 e. The summed E-state index contributed by atoms with van der Waals surface area (Å²) in [6.45, 7) is 1.08. The summed E-state index contributed by atoms with van der Waals surface area (Å²) in [6.07, 6.45) is 0.689. The van der Waals surface area contributed by atoms with Crippen LogP contribution >= 0.6 is 11.8 Å². The topological polar surface area (TPSA) is 58.6 Å². The molecule has 0 bridgehead atoms. The van der Waals surface area contributed by atoms with Crippen LogP contribution in [-0.2, 0) is 9.53 Å². The lowest BCUT2D eigenvalue weighted by molar-refractivity contribution is -0.177. The smallest absolute Gasteiger partial charge is 0.317 e. The maximum atomic E-state index is 11.7. The molecule has 80 valence electrons. The van der Waals surface area contributed by atoms with Gasteiger partial charge in [-0.2, -0.15) is 11.8 Å². The molecule has 2 heterocycles. The average Bonchev–Trinajstić information content (AvgIpc) is 2.50. The average molecular weight is 217 g/mol. The minimum absolute atomic E-state index is 0.277. The number of carbonyl (C=O) groups is 1. The summed E-state index contributed by atoms with van der Waals surface area (Å²) < 4.78 is 4.79. The van der Waals surface area contributed by atoms with Crippen LogP contribution in [0.2, 0.25) is 0 Å². The summed E-state index contributed by atoms with van der Waals surface area (Å²) >= 11 is 1.70. The third-order valence-corrected chi connectivity index (χ3v) is 4.50. The highest BCUT2D eigenvalue weighted by Gasteiger charge is 2.61. The summed E-state index contributed by atoms with van der Waals surface area (Å²) in [7, 11) is 1.38. The summed E-state index contributed by atoms with van der Waals surface area (Å²) in [6, 6.07) is 0. The van der Waals surface area contributed by atoms with E-state index in [1.807, 2.05) is 0 Å². The van der Waals surface area contributed by atoms with Gasteiger partial charge in [0.05, 0.1) is 12.7 Å². The van der Waals surface area contributed by atoms with Crippen LogP contribution in [0.15, 0.2) is 0 Å². The highest BCUT2D eigenvalue weighted by Crippen LogP contribution is 2.45. The molecule has 0 aliphatic carbocycles. The van der Waals surface area contributed by atoms with Crippen molar-refractivity contribution in [1.82, 2.24) is 5.32 Å². The zero-order valence-electron chi connectivity index (χ0n) is 8.21. The summed E-state index contributed by atoms with van der Waals surface area (Å²) in [4.78, 5) is 11.7. The summed E-state index contributed by atoms with van der Waals surface area (Å²) in [5.41, 5.74) is -1.55. The van der Waals surface area contributed by atoms with Crippen LogP contribution in [0.5, 0.6) is 0 Å². The second-order valence-electron chi connectivity index (χ2n) is 4.01. The Morgan fingerprint density at radius 3 is 2.64 bits per heavy atom. The van der Waals surface area contributed by atoms with Gasteiger partial charge in [0, 0.05) is 18.8 Å². The highest BCUT2D eigenvalue weighted by atomic mass is 32.2. The lowest BCUT2D eigenvalue weighted by atomic mass is 9.67. The minimum atomic E-state index is -0.865. The van der Waals surface area contributed by atoms with E-state index in [-0.39, 0.29) is 5.97 Å². The molecular formula is C9H15NO3S. The first-order valence-corrected chi connectivity index (χ1v) is 5.89. The second-order valence-corrected chi connectivity index (χ2v) is 5.12. The molecule has 5 heteroatoms. The molecule has 4 nitrogen and oxygen atoms in total. The summed E-state index contributed by atoms with van der Waals surface area (Å²) in [5.74, 6) is 1.29. The van der Waals surface area contributed by atoms with E-state index < -0.39 is 11.0 Å². The molecule has 0 aromatic carbocycles. The van der Waals surface area contributed by atoms with Crippen molar-refractivity contribution >= 4 is 17.7 Å². The van der Waals surface area contributed by atoms with Gasteiger partial charge in [-0.3, -0.25) is 4.79 Å². The number of methoxy groups -OCH3 is 1. The number of hydrogen-bond acceptors (Lipinski definition) is 5. The fourth-order valence-corrected chi connectivity index (χ4v) is 3.55. The van der Waals surface area contributed by atoms with Gasteiger partial charge in [-0.25, -0.2) is 0 Å². The first-order chi connectivity index (χ1) is 6.65. The van der Waals surface area contributed by atoms with E-state index in [2.05, 4.69) is 5.32 Å². The Morgan fingerprint density at radius 2 is 2.29 bits per heavy atom. The molecule has 0 radical (unpaired) electrons. The van der Waals surface area contributed by atoms with Gasteiger partial charge in [-0.05, 0) is 12.2 Å². The van der Waals surface area contributed by atoms with Crippen molar-refractivity contribution in [1.29, 1.82) is 0 Å². The number of aliphatic hydroxyl groups is 1. The molecule has 2 aliphatic heterocycles. The molecule has 0 amide bonds. The van der Waals surface area contributed by atoms with E-state index in [1.54, 1.807) is 11.8 Å². The van der Waals surface area contributed by atoms with Gasteiger partial charge in [0.2, 0.25) is 0 Å². The molecule has 0 spiro atoms. The number of carbonyl (C=O) groups excluding carboxylic acids is 1. The molecule has 1 atom stereocenters. The van der Waals surface area contributed by atoms with Crippen molar-refractivity contribution in [3.8, 4) is 0 Å². The van der Waals surface area contributed by atoms with Gasteiger partial charge in [-0.1, -0.05) is 0 Å². The van der Waals surface area contributed by atoms with E-state index in [1.165, 1.54) is 7.11 Å². The van der Waals surface area contributed by atoms with Gasteiger partial charge in [0.1, 0.15) is 5.41 Å². The Hall–Kier alpha value is -0.260. The van der Waals surface area contributed by atoms with E-state index >= 15 is 0 Å². The van der Waals surface area contributed by atoms with Crippen LogP contribution in [0.4, 0.5) is 0 Å². The maximum absolute atomic E-state index is 11.7.